The number of aromatic nitrogens is 1. The number of carbonyl (C=O) groups excluding carboxylic acids is 2. The lowest BCUT2D eigenvalue weighted by Gasteiger charge is -2.23. The quantitative estimate of drug-likeness (QED) is 0.774. The number of rotatable bonds is 4. The Labute approximate surface area is 172 Å². The number of nitrogens with one attached hydrogen (secondary N) is 1. The predicted octanol–water partition coefficient (Wildman–Crippen LogP) is 1.41. The van der Waals surface area contributed by atoms with Crippen molar-refractivity contribution in [1.82, 2.24) is 10.3 Å². The zero-order valence-corrected chi connectivity index (χ0v) is 16.0. The molecule has 2 aromatic rings. The fourth-order valence-corrected chi connectivity index (χ4v) is 4.88. The lowest BCUT2D eigenvalue weighted by atomic mass is 9.77. The Kier molecular flexibility index (Phi) is 3.67. The zero-order chi connectivity index (χ0) is 20.3. The van der Waals surface area contributed by atoms with Gasteiger partial charge in [-0.15, -0.1) is 0 Å². The summed E-state index contributed by atoms with van der Waals surface area (Å²) in [5, 5.41) is 2.94. The van der Waals surface area contributed by atoms with E-state index in [0.717, 1.165) is 5.56 Å². The van der Waals surface area contributed by atoms with Crippen molar-refractivity contribution in [2.24, 2.45) is 11.8 Å². The highest BCUT2D eigenvalue weighted by Gasteiger charge is 2.67. The summed E-state index contributed by atoms with van der Waals surface area (Å²) in [4.78, 5) is 32.2. The predicted molar refractivity (Wildman–Crippen MR) is 105 cm³/mol. The van der Waals surface area contributed by atoms with Crippen LogP contribution in [0.25, 0.3) is 0 Å². The van der Waals surface area contributed by atoms with E-state index in [0.29, 0.717) is 30.3 Å². The maximum atomic E-state index is 13.4. The molecule has 1 aromatic carbocycles. The second-order valence-electron chi connectivity index (χ2n) is 7.94. The molecule has 152 valence electrons. The van der Waals surface area contributed by atoms with Crippen molar-refractivity contribution < 1.29 is 23.8 Å². The normalized spacial score (nSPS) is 30.1. The summed E-state index contributed by atoms with van der Waals surface area (Å²) in [7, 11) is 0. The van der Waals surface area contributed by atoms with Crippen molar-refractivity contribution >= 4 is 17.5 Å². The Morgan fingerprint density at radius 1 is 1.27 bits per heavy atom. The molecule has 2 bridgehead atoms. The third-order valence-electron chi connectivity index (χ3n) is 6.26. The third-order valence-corrected chi connectivity index (χ3v) is 6.26. The van der Waals surface area contributed by atoms with E-state index in [1.807, 2.05) is 30.4 Å². The topological polar surface area (TPSA) is 90.0 Å². The van der Waals surface area contributed by atoms with Crippen LogP contribution in [0.3, 0.4) is 0 Å². The molecule has 1 spiro atoms. The molecule has 0 saturated carbocycles. The molecule has 3 unspecified atom stereocenters. The summed E-state index contributed by atoms with van der Waals surface area (Å²) in [6.45, 7) is 0.904. The van der Waals surface area contributed by atoms with E-state index >= 15 is 0 Å². The number of ether oxygens (including phenoxy) is 3. The molecule has 4 atom stereocenters. The Balaban J connectivity index is 1.25. The van der Waals surface area contributed by atoms with Crippen LogP contribution in [0, 0.1) is 11.8 Å². The lowest BCUT2D eigenvalue weighted by molar-refractivity contribution is -0.132. The molecular weight excluding hydrogens is 386 g/mol. The van der Waals surface area contributed by atoms with Gasteiger partial charge in [0.15, 0.2) is 11.5 Å². The van der Waals surface area contributed by atoms with Gasteiger partial charge in [-0.3, -0.25) is 14.6 Å². The van der Waals surface area contributed by atoms with Gasteiger partial charge in [0, 0.05) is 30.7 Å². The minimum atomic E-state index is -0.769. The first-order valence-corrected chi connectivity index (χ1v) is 9.89. The standard InChI is InChI=1S/C22H19N3O5/c26-20(24-10-13-2-1-7-23-9-13)18-16-5-6-22(30-16)11-25(21(27)19(18)22)14-3-4-15-17(8-14)29-12-28-15/h1-9,16,18-19H,10-12H2,(H,24,26)/t16?,18?,19?,22-/m1/s1. The number of pyridine rings is 1. The van der Waals surface area contributed by atoms with Crippen molar-refractivity contribution in [3.8, 4) is 11.5 Å². The van der Waals surface area contributed by atoms with Crippen LogP contribution in [0.5, 0.6) is 11.5 Å². The first-order chi connectivity index (χ1) is 14.6. The van der Waals surface area contributed by atoms with Gasteiger partial charge in [0.2, 0.25) is 18.6 Å². The van der Waals surface area contributed by atoms with Crippen LogP contribution in [0.4, 0.5) is 5.69 Å². The van der Waals surface area contributed by atoms with Crippen molar-refractivity contribution in [1.29, 1.82) is 0 Å². The zero-order valence-electron chi connectivity index (χ0n) is 16.0. The van der Waals surface area contributed by atoms with Gasteiger partial charge in [-0.1, -0.05) is 18.2 Å². The van der Waals surface area contributed by atoms with Crippen LogP contribution >= 0.6 is 0 Å². The number of hydrogen-bond donors (Lipinski definition) is 1. The molecule has 30 heavy (non-hydrogen) atoms. The van der Waals surface area contributed by atoms with E-state index in [1.54, 1.807) is 29.4 Å². The molecular formula is C22H19N3O5. The summed E-state index contributed by atoms with van der Waals surface area (Å²) in [5.41, 5.74) is 0.844. The summed E-state index contributed by atoms with van der Waals surface area (Å²) >= 11 is 0. The lowest BCUT2D eigenvalue weighted by Crippen LogP contribution is -2.44. The Morgan fingerprint density at radius 3 is 3.03 bits per heavy atom. The van der Waals surface area contributed by atoms with Crippen molar-refractivity contribution in [3.05, 3.63) is 60.4 Å². The fourth-order valence-electron chi connectivity index (χ4n) is 4.88. The SMILES string of the molecule is O=C(NCc1cccnc1)C1C2C=C[C@]3(CN(c4ccc5c(c4)OCO5)C(=O)C13)O2. The van der Waals surface area contributed by atoms with Crippen LogP contribution in [0.15, 0.2) is 54.9 Å². The van der Waals surface area contributed by atoms with Crippen LogP contribution in [-0.4, -0.2) is 41.8 Å². The molecule has 2 saturated heterocycles. The molecule has 4 aliphatic heterocycles. The number of hydrogen-bond acceptors (Lipinski definition) is 6. The highest BCUT2D eigenvalue weighted by atomic mass is 16.7. The number of fused-ring (bicyclic) bond motifs is 2. The van der Waals surface area contributed by atoms with Gasteiger partial charge in [-0.2, -0.15) is 0 Å². The van der Waals surface area contributed by atoms with Gasteiger partial charge in [-0.05, 0) is 23.8 Å². The van der Waals surface area contributed by atoms with Gasteiger partial charge in [0.05, 0.1) is 24.5 Å². The minimum Gasteiger partial charge on any atom is -0.454 e. The van der Waals surface area contributed by atoms with E-state index in [2.05, 4.69) is 10.3 Å². The van der Waals surface area contributed by atoms with E-state index in [4.69, 9.17) is 14.2 Å². The number of benzene rings is 1. The van der Waals surface area contributed by atoms with Crippen LogP contribution in [0.2, 0.25) is 0 Å². The maximum Gasteiger partial charge on any atom is 0.234 e. The highest BCUT2D eigenvalue weighted by molar-refractivity contribution is 6.03. The summed E-state index contributed by atoms with van der Waals surface area (Å²) < 4.78 is 17.0. The summed E-state index contributed by atoms with van der Waals surface area (Å²) in [6.07, 6.45) is 6.86. The monoisotopic (exact) mass is 405 g/mol. The fraction of sp³-hybridized carbons (Fsp3) is 0.318. The van der Waals surface area contributed by atoms with E-state index in [1.165, 1.54) is 0 Å². The number of nitrogens with zero attached hydrogens (tertiary/aromatic N) is 2. The third kappa shape index (κ3) is 2.46. The second-order valence-corrected chi connectivity index (χ2v) is 7.94. The first kappa shape index (κ1) is 17.5. The number of amides is 2. The van der Waals surface area contributed by atoms with Crippen LogP contribution in [-0.2, 0) is 20.9 Å². The summed E-state index contributed by atoms with van der Waals surface area (Å²) in [6, 6.07) is 9.14. The maximum absolute atomic E-state index is 13.4. The van der Waals surface area contributed by atoms with E-state index in [-0.39, 0.29) is 24.7 Å². The summed E-state index contributed by atoms with van der Waals surface area (Å²) in [5.74, 6) is -0.122. The molecule has 1 N–H and O–H groups in total. The van der Waals surface area contributed by atoms with Gasteiger partial charge in [0.25, 0.3) is 0 Å². The molecule has 5 heterocycles. The molecule has 2 amide bonds. The van der Waals surface area contributed by atoms with Crippen molar-refractivity contribution in [2.75, 3.05) is 18.2 Å². The average Bonchev–Trinajstić information content (AvgIpc) is 3.53. The van der Waals surface area contributed by atoms with Crippen LogP contribution < -0.4 is 19.7 Å². The van der Waals surface area contributed by atoms with Crippen molar-refractivity contribution in [2.45, 2.75) is 18.2 Å². The molecule has 8 heteroatoms. The molecule has 0 aliphatic carbocycles. The smallest absolute Gasteiger partial charge is 0.234 e. The van der Waals surface area contributed by atoms with Gasteiger partial charge in [0.1, 0.15) is 5.60 Å². The van der Waals surface area contributed by atoms with E-state index in [9.17, 15) is 9.59 Å². The largest absolute Gasteiger partial charge is 0.454 e. The molecule has 6 rings (SSSR count). The Bertz CT molecular complexity index is 1070. The molecule has 1 aromatic heterocycles. The van der Waals surface area contributed by atoms with Crippen molar-refractivity contribution in [3.63, 3.8) is 0 Å². The number of carbonyl (C=O) groups is 2. The Hall–Kier alpha value is -3.39. The average molecular weight is 405 g/mol. The highest BCUT2D eigenvalue weighted by Crippen LogP contribution is 2.53. The van der Waals surface area contributed by atoms with E-state index < -0.39 is 17.4 Å². The molecule has 8 nitrogen and oxygen atoms in total. The minimum absolute atomic E-state index is 0.109. The van der Waals surface area contributed by atoms with Crippen LogP contribution in [0.1, 0.15) is 5.56 Å². The molecule has 0 radical (unpaired) electrons. The van der Waals surface area contributed by atoms with Gasteiger partial charge < -0.3 is 24.4 Å². The number of anilines is 1. The molecule has 4 aliphatic rings. The van der Waals surface area contributed by atoms with Gasteiger partial charge in [-0.25, -0.2) is 0 Å². The second kappa shape index (κ2) is 6.30. The Morgan fingerprint density at radius 2 is 2.17 bits per heavy atom. The van der Waals surface area contributed by atoms with Gasteiger partial charge >= 0.3 is 0 Å². The first-order valence-electron chi connectivity index (χ1n) is 9.89. The molecule has 2 fully saturated rings.